The summed E-state index contributed by atoms with van der Waals surface area (Å²) in [5, 5.41) is -3.51. The third-order valence-corrected chi connectivity index (χ3v) is 102. The summed E-state index contributed by atoms with van der Waals surface area (Å²) in [6.07, 6.45) is 0. The molecule has 0 heterocycles. The van der Waals surface area contributed by atoms with Crippen LogP contribution >= 0.6 is 0 Å². The van der Waals surface area contributed by atoms with Crippen LogP contribution in [-0.2, 0) is 28.0 Å². The minimum absolute atomic E-state index is 0.0212. The molecule has 0 aromatic heterocycles. The Kier molecular flexibility index (Phi) is 11.0. The second-order valence-electron chi connectivity index (χ2n) is 17.5. The number of rotatable bonds is 8. The summed E-state index contributed by atoms with van der Waals surface area (Å²) < 4.78 is 20.7. The van der Waals surface area contributed by atoms with E-state index < -0.39 is 46.5 Å². The van der Waals surface area contributed by atoms with Crippen LogP contribution in [0.25, 0.3) is 0 Å². The maximum atomic E-state index is 7.20. The SMILES string of the molecule is CC(C)(C)O[Si](C)(C)[N](C(C)(C)C)[Zr]([N](C(C)(C)C)[Si](C)(C)OC(C)(C)C)([Si](C)(C)C)[Si](C)(C)C. The first kappa shape index (κ1) is 36.6. The van der Waals surface area contributed by atoms with Crippen molar-refractivity contribution in [2.24, 2.45) is 0 Å². The molecule has 0 bridgehead atoms. The number of hydrogen-bond donors (Lipinski definition) is 0. The van der Waals surface area contributed by atoms with Gasteiger partial charge in [0.05, 0.1) is 0 Å². The van der Waals surface area contributed by atoms with Crippen LogP contribution in [0.2, 0.25) is 65.5 Å². The van der Waals surface area contributed by atoms with E-state index in [2.05, 4.69) is 154 Å². The molecule has 0 aliphatic carbocycles. The first-order valence-corrected chi connectivity index (χ1v) is 35.9. The molecule has 35 heavy (non-hydrogen) atoms. The van der Waals surface area contributed by atoms with Crippen molar-refractivity contribution in [3.8, 4) is 0 Å². The van der Waals surface area contributed by atoms with Gasteiger partial charge in [0, 0.05) is 0 Å². The molecule has 9 heteroatoms. The summed E-state index contributed by atoms with van der Waals surface area (Å²) >= 11 is -3.55. The summed E-state index contributed by atoms with van der Waals surface area (Å²) in [7, 11) is -4.63. The van der Waals surface area contributed by atoms with Gasteiger partial charge in [-0.3, -0.25) is 0 Å². The first-order valence-electron chi connectivity index (χ1n) is 13.7. The molecule has 0 aromatic rings. The molecule has 0 fully saturated rings. The van der Waals surface area contributed by atoms with Gasteiger partial charge < -0.3 is 0 Å². The Balaban J connectivity index is 8.17. The fraction of sp³-hybridized carbons (Fsp3) is 1.00. The molecule has 0 aliphatic heterocycles. The first-order chi connectivity index (χ1) is 14.6. The fourth-order valence-corrected chi connectivity index (χ4v) is 167. The van der Waals surface area contributed by atoms with E-state index in [4.69, 9.17) is 8.85 Å². The van der Waals surface area contributed by atoms with Crippen LogP contribution in [0.3, 0.4) is 0 Å². The normalized spacial score (nSPS) is 16.5. The van der Waals surface area contributed by atoms with E-state index in [1.54, 1.807) is 0 Å². The van der Waals surface area contributed by atoms with Gasteiger partial charge in [0.1, 0.15) is 0 Å². The van der Waals surface area contributed by atoms with Crippen LogP contribution in [-0.4, -0.2) is 54.7 Å². The molecule has 4 nitrogen and oxygen atoms in total. The Morgan fingerprint density at radius 1 is 0.429 bits per heavy atom. The molecule has 0 spiro atoms. The zero-order valence-electron chi connectivity index (χ0n) is 28.2. The molecule has 0 atom stereocenters. The van der Waals surface area contributed by atoms with Gasteiger partial charge in [0.2, 0.25) is 0 Å². The molecule has 0 N–H and O–H groups in total. The van der Waals surface area contributed by atoms with Gasteiger partial charge in [-0.1, -0.05) is 0 Å². The monoisotopic (exact) mass is 640 g/mol. The van der Waals surface area contributed by atoms with Gasteiger partial charge in [-0.15, -0.1) is 0 Å². The Morgan fingerprint density at radius 2 is 0.629 bits per heavy atom. The molecule has 0 unspecified atom stereocenters. The van der Waals surface area contributed by atoms with Crippen LogP contribution in [0.1, 0.15) is 83.1 Å². The van der Waals surface area contributed by atoms with Crippen LogP contribution in [0, 0.1) is 0 Å². The Morgan fingerprint density at radius 3 is 0.743 bits per heavy atom. The van der Waals surface area contributed by atoms with E-state index in [0.717, 1.165) is 0 Å². The Hall–Kier alpha value is 1.59. The van der Waals surface area contributed by atoms with E-state index in [9.17, 15) is 0 Å². The van der Waals surface area contributed by atoms with Crippen LogP contribution in [0.5, 0.6) is 0 Å². The quantitative estimate of drug-likeness (QED) is 0.247. The topological polar surface area (TPSA) is 24.9 Å². The fourth-order valence-electron chi connectivity index (χ4n) is 7.52. The van der Waals surface area contributed by atoms with Crippen molar-refractivity contribution in [3.63, 3.8) is 0 Å². The van der Waals surface area contributed by atoms with E-state index in [-0.39, 0.29) is 22.3 Å². The number of hydrogen-bond acceptors (Lipinski definition) is 4. The molecule has 0 saturated carbocycles. The summed E-state index contributed by atoms with van der Waals surface area (Å²) in [4.78, 5) is 0. The third kappa shape index (κ3) is 8.79. The molecule has 212 valence electrons. The average Bonchev–Trinajstić information content (AvgIpc) is 2.33. The van der Waals surface area contributed by atoms with E-state index in [1.807, 2.05) is 0 Å². The summed E-state index contributed by atoms with van der Waals surface area (Å²) in [6, 6.07) is 0. The molecular weight excluding hydrogens is 576 g/mol. The van der Waals surface area contributed by atoms with E-state index >= 15 is 0 Å². The van der Waals surface area contributed by atoms with Crippen LogP contribution in [0.15, 0.2) is 0 Å². The third-order valence-electron chi connectivity index (χ3n) is 6.27. The number of nitrogens with zero attached hydrogens (tertiary/aromatic N) is 2. The van der Waals surface area contributed by atoms with E-state index in [0.29, 0.717) is 0 Å². The second-order valence-corrected chi connectivity index (χ2v) is 74.6. The summed E-state index contributed by atoms with van der Waals surface area (Å²) in [6.45, 7) is 54.4. The van der Waals surface area contributed by atoms with Crippen molar-refractivity contribution in [2.45, 2.75) is 171 Å². The molecule has 0 aliphatic rings. The van der Waals surface area contributed by atoms with Gasteiger partial charge in [-0.25, -0.2) is 0 Å². The second kappa shape index (κ2) is 10.5. The van der Waals surface area contributed by atoms with Crippen LogP contribution < -0.4 is 0 Å². The van der Waals surface area contributed by atoms with Crippen molar-refractivity contribution >= 4 is 27.4 Å². The molecular formula is C26H66N2O2Si4Zr. The Labute approximate surface area is 229 Å². The van der Waals surface area contributed by atoms with Crippen LogP contribution in [0.4, 0.5) is 0 Å². The van der Waals surface area contributed by atoms with Gasteiger partial charge in [-0.2, -0.15) is 0 Å². The zero-order chi connectivity index (χ0) is 29.1. The van der Waals surface area contributed by atoms with Gasteiger partial charge in [0.25, 0.3) is 0 Å². The molecule has 0 rings (SSSR count). The van der Waals surface area contributed by atoms with Crippen molar-refractivity contribution in [3.05, 3.63) is 0 Å². The van der Waals surface area contributed by atoms with Gasteiger partial charge in [-0.05, 0) is 0 Å². The summed E-state index contributed by atoms with van der Waals surface area (Å²) in [5.74, 6) is 0. The standard InChI is InChI=1S/2C10H24NOSi.2C3H9Si.Zr/c2*1-9(2,3)11-13(7,8)12-10(4,5)6;2*1-4(2)3;/h2*1-8H3;2*1-3H3;/q2*-1;;;+2. The zero-order valence-corrected chi connectivity index (χ0v) is 34.7. The minimum atomic E-state index is -3.55. The Bertz CT molecular complexity index is 655. The van der Waals surface area contributed by atoms with Crippen molar-refractivity contribution in [1.82, 2.24) is 5.02 Å². The molecule has 0 amide bonds. The molecule has 0 radical (unpaired) electrons. The summed E-state index contributed by atoms with van der Waals surface area (Å²) in [5.41, 5.74) is -0.297. The van der Waals surface area contributed by atoms with Gasteiger partial charge >= 0.3 is 231 Å². The molecule has 0 saturated heterocycles. The molecule has 0 aromatic carbocycles. The predicted molar refractivity (Wildman–Crippen MR) is 167 cm³/mol. The van der Waals surface area contributed by atoms with Crippen molar-refractivity contribution in [1.29, 1.82) is 0 Å². The van der Waals surface area contributed by atoms with Gasteiger partial charge in [0.15, 0.2) is 0 Å². The average molecular weight is 642 g/mol. The van der Waals surface area contributed by atoms with Crippen molar-refractivity contribution < 1.29 is 28.0 Å². The van der Waals surface area contributed by atoms with E-state index in [1.165, 1.54) is 0 Å². The maximum absolute atomic E-state index is 7.20. The predicted octanol–water partition coefficient (Wildman–Crippen LogP) is 8.87. The van der Waals surface area contributed by atoms with Crippen molar-refractivity contribution in [2.75, 3.05) is 0 Å².